The summed E-state index contributed by atoms with van der Waals surface area (Å²) in [6.45, 7) is -2.14. The molecule has 224 valence electrons. The van der Waals surface area contributed by atoms with Crippen LogP contribution in [0.25, 0.3) is 0 Å². The predicted molar refractivity (Wildman–Crippen MR) is 124 cm³/mol. The first kappa shape index (κ1) is 31.5. The monoisotopic (exact) mass is 584 g/mol. The Bertz CT molecular complexity index is 1140. The molecule has 0 unspecified atom stereocenters. The van der Waals surface area contributed by atoms with Crippen molar-refractivity contribution in [1.82, 2.24) is 9.78 Å². The molecule has 2 heterocycles. The van der Waals surface area contributed by atoms with E-state index in [1.54, 1.807) is 12.1 Å². The van der Waals surface area contributed by atoms with Crippen LogP contribution in [0.3, 0.4) is 0 Å². The molecule has 0 aliphatic carbocycles. The van der Waals surface area contributed by atoms with Crippen molar-refractivity contribution in [2.75, 3.05) is 27.1 Å². The van der Waals surface area contributed by atoms with E-state index in [2.05, 4.69) is 14.6 Å². The highest BCUT2D eigenvalue weighted by Crippen LogP contribution is 2.41. The standard InChI is InChI=1S/C24H29F5N2O9/c1-3-12-4-6-13(7-5-12)8-15-19(23(27,28)29)31(14(9-25)10-26)30-21(15)40-24(36)20(34)18(33)17(32)16(39-24)11-38-22(35)37-2/h4-7,14,16-18,20,32-34,36H,3,8-11H2,1-2H3/t16-,17-,18+,20-,24+/m1/s1. The van der Waals surface area contributed by atoms with Gasteiger partial charge >= 0.3 is 18.3 Å². The average molecular weight is 584 g/mol. The van der Waals surface area contributed by atoms with Gasteiger partial charge in [-0.15, -0.1) is 5.10 Å². The minimum Gasteiger partial charge on any atom is -0.438 e. The number of aliphatic hydroxyl groups is 4. The van der Waals surface area contributed by atoms with Crippen LogP contribution in [-0.4, -0.2) is 93.8 Å². The molecule has 0 spiro atoms. The van der Waals surface area contributed by atoms with Crippen LogP contribution in [0.4, 0.5) is 26.7 Å². The summed E-state index contributed by atoms with van der Waals surface area (Å²) in [6.07, 6.45) is -14.8. The van der Waals surface area contributed by atoms with E-state index in [1.807, 2.05) is 6.92 Å². The molecule has 0 radical (unpaired) electrons. The van der Waals surface area contributed by atoms with Crippen LogP contribution in [0.2, 0.25) is 0 Å². The van der Waals surface area contributed by atoms with Gasteiger partial charge in [0.1, 0.15) is 44.3 Å². The number of aryl methyl sites for hydroxylation is 1. The molecule has 1 fully saturated rings. The summed E-state index contributed by atoms with van der Waals surface area (Å²) in [6, 6.07) is 4.33. The van der Waals surface area contributed by atoms with Crippen molar-refractivity contribution >= 4 is 6.16 Å². The first-order valence-electron chi connectivity index (χ1n) is 12.0. The number of aliphatic hydroxyl groups excluding tert-OH is 3. The van der Waals surface area contributed by atoms with Crippen molar-refractivity contribution < 1.29 is 66.1 Å². The van der Waals surface area contributed by atoms with Crippen LogP contribution in [0, 0.1) is 0 Å². The largest absolute Gasteiger partial charge is 0.508 e. The molecule has 1 aliphatic heterocycles. The van der Waals surface area contributed by atoms with Crippen molar-refractivity contribution in [2.45, 2.75) is 62.4 Å². The van der Waals surface area contributed by atoms with E-state index < -0.39 is 92.3 Å². The number of hydrogen-bond acceptors (Lipinski definition) is 10. The maximum absolute atomic E-state index is 14.3. The van der Waals surface area contributed by atoms with E-state index in [4.69, 9.17) is 9.47 Å². The lowest BCUT2D eigenvalue weighted by Gasteiger charge is -2.44. The Morgan fingerprint density at radius 1 is 1.12 bits per heavy atom. The third kappa shape index (κ3) is 6.63. The minimum atomic E-state index is -5.21. The molecule has 1 aromatic carbocycles. The maximum Gasteiger partial charge on any atom is 0.508 e. The zero-order valence-electron chi connectivity index (χ0n) is 21.3. The number of hydrogen-bond donors (Lipinski definition) is 4. The summed E-state index contributed by atoms with van der Waals surface area (Å²) in [5, 5.41) is 45.4. The number of carbonyl (C=O) groups excluding carboxylic acids is 1. The zero-order chi connectivity index (χ0) is 29.8. The quantitative estimate of drug-likeness (QED) is 0.185. The van der Waals surface area contributed by atoms with E-state index in [9.17, 15) is 47.2 Å². The number of benzene rings is 1. The van der Waals surface area contributed by atoms with Gasteiger partial charge in [-0.05, 0) is 17.5 Å². The second-order valence-corrected chi connectivity index (χ2v) is 8.96. The SMILES string of the molecule is CCc1ccc(Cc2c(O[C@@]3(O)O[C@H](COC(=O)OC)[C@@H](O)[C@H](O)[C@H]3O)nn(C(CF)CF)c2C(F)(F)F)cc1. The van der Waals surface area contributed by atoms with Crippen molar-refractivity contribution in [3.05, 3.63) is 46.6 Å². The number of methoxy groups -OCH3 is 1. The Morgan fingerprint density at radius 2 is 1.73 bits per heavy atom. The van der Waals surface area contributed by atoms with Gasteiger partial charge in [0.2, 0.25) is 5.88 Å². The predicted octanol–water partition coefficient (Wildman–Crippen LogP) is 1.82. The van der Waals surface area contributed by atoms with Crippen molar-refractivity contribution in [2.24, 2.45) is 0 Å². The van der Waals surface area contributed by atoms with Crippen LogP contribution in [0.15, 0.2) is 24.3 Å². The molecular formula is C24H29F5N2O9. The van der Waals surface area contributed by atoms with Crippen LogP contribution in [0.1, 0.15) is 35.3 Å². The van der Waals surface area contributed by atoms with Gasteiger partial charge in [0.05, 0.1) is 12.7 Å². The molecule has 40 heavy (non-hydrogen) atoms. The smallest absolute Gasteiger partial charge is 0.438 e. The Balaban J connectivity index is 2.10. The lowest BCUT2D eigenvalue weighted by Crippen LogP contribution is -2.67. The Morgan fingerprint density at radius 3 is 2.25 bits per heavy atom. The highest BCUT2D eigenvalue weighted by molar-refractivity contribution is 5.59. The van der Waals surface area contributed by atoms with Crippen LogP contribution < -0.4 is 4.74 Å². The van der Waals surface area contributed by atoms with E-state index in [0.717, 1.165) is 12.7 Å². The maximum atomic E-state index is 14.3. The fraction of sp³-hybridized carbons (Fsp3) is 0.583. The van der Waals surface area contributed by atoms with E-state index in [1.165, 1.54) is 12.1 Å². The van der Waals surface area contributed by atoms with Gasteiger partial charge in [0, 0.05) is 6.42 Å². The van der Waals surface area contributed by atoms with E-state index in [-0.39, 0.29) is 4.68 Å². The van der Waals surface area contributed by atoms with Gasteiger partial charge in [0.15, 0.2) is 11.8 Å². The Kier molecular flexibility index (Phi) is 9.94. The molecule has 1 aromatic heterocycles. The summed E-state index contributed by atoms with van der Waals surface area (Å²) in [4.78, 5) is 11.3. The van der Waals surface area contributed by atoms with Crippen molar-refractivity contribution in [1.29, 1.82) is 0 Å². The molecule has 4 N–H and O–H groups in total. The first-order chi connectivity index (χ1) is 18.8. The van der Waals surface area contributed by atoms with Crippen LogP contribution in [0.5, 0.6) is 5.88 Å². The van der Waals surface area contributed by atoms with Crippen molar-refractivity contribution in [3.63, 3.8) is 0 Å². The molecule has 1 saturated heterocycles. The molecule has 0 bridgehead atoms. The molecule has 1 aliphatic rings. The first-order valence-corrected chi connectivity index (χ1v) is 12.0. The molecule has 0 amide bonds. The lowest BCUT2D eigenvalue weighted by atomic mass is 9.97. The van der Waals surface area contributed by atoms with Gasteiger partial charge in [-0.2, -0.15) is 13.2 Å². The minimum absolute atomic E-state index is 0.0345. The van der Waals surface area contributed by atoms with Gasteiger partial charge in [0.25, 0.3) is 0 Å². The van der Waals surface area contributed by atoms with Gasteiger partial charge in [-0.25, -0.2) is 18.3 Å². The number of ether oxygens (including phenoxy) is 4. The Hall–Kier alpha value is -3.05. The van der Waals surface area contributed by atoms with Gasteiger partial charge in [-0.3, -0.25) is 0 Å². The number of aromatic nitrogens is 2. The molecule has 3 rings (SSSR count). The zero-order valence-corrected chi connectivity index (χ0v) is 21.3. The normalized spacial score (nSPS) is 25.2. The summed E-state index contributed by atoms with van der Waals surface area (Å²) in [7, 11) is 0.965. The fourth-order valence-corrected chi connectivity index (χ4v) is 4.07. The number of rotatable bonds is 10. The number of nitrogens with zero attached hydrogens (tertiary/aromatic N) is 2. The lowest BCUT2D eigenvalue weighted by molar-refractivity contribution is -0.423. The van der Waals surface area contributed by atoms with Crippen LogP contribution >= 0.6 is 0 Å². The molecule has 16 heteroatoms. The number of carbonyl (C=O) groups is 1. The molecular weight excluding hydrogens is 555 g/mol. The highest BCUT2D eigenvalue weighted by atomic mass is 19.4. The summed E-state index contributed by atoms with van der Waals surface area (Å²) >= 11 is 0. The molecule has 0 saturated carbocycles. The molecule has 5 atom stereocenters. The highest BCUT2D eigenvalue weighted by Gasteiger charge is 2.56. The molecule has 11 nitrogen and oxygen atoms in total. The van der Waals surface area contributed by atoms with Gasteiger partial charge in [-0.1, -0.05) is 31.2 Å². The topological polar surface area (TPSA) is 153 Å². The summed E-state index contributed by atoms with van der Waals surface area (Å²) in [5.41, 5.74) is -1.16. The number of halogens is 5. The molecule has 2 aromatic rings. The Labute approximate surface area is 224 Å². The summed E-state index contributed by atoms with van der Waals surface area (Å²) in [5.74, 6) is -4.40. The second kappa shape index (κ2) is 12.6. The third-order valence-electron chi connectivity index (χ3n) is 6.28. The summed E-state index contributed by atoms with van der Waals surface area (Å²) < 4.78 is 89.2. The van der Waals surface area contributed by atoms with E-state index in [0.29, 0.717) is 12.0 Å². The fourth-order valence-electron chi connectivity index (χ4n) is 4.07. The number of alkyl halides is 5. The second-order valence-electron chi connectivity index (χ2n) is 8.96. The van der Waals surface area contributed by atoms with Crippen LogP contribution in [-0.2, 0) is 33.2 Å². The van der Waals surface area contributed by atoms with E-state index >= 15 is 0 Å². The third-order valence-corrected chi connectivity index (χ3v) is 6.28. The average Bonchev–Trinajstić information content (AvgIpc) is 3.27. The van der Waals surface area contributed by atoms with Crippen molar-refractivity contribution in [3.8, 4) is 5.88 Å². The van der Waals surface area contributed by atoms with Gasteiger partial charge < -0.3 is 39.4 Å².